The molecule has 1 atom stereocenters. The van der Waals surface area contributed by atoms with Gasteiger partial charge in [-0.05, 0) is 6.42 Å². The third kappa shape index (κ3) is 1.83. The minimum Gasteiger partial charge on any atom is -0.368 e. The highest BCUT2D eigenvalue weighted by Crippen LogP contribution is 2.15. The van der Waals surface area contributed by atoms with E-state index in [4.69, 9.17) is 17.3 Å². The Hall–Kier alpha value is -0.770. The molecular formula is C6H9ClN2O2. The summed E-state index contributed by atoms with van der Waals surface area (Å²) in [6.07, 6.45) is 0.605. The lowest BCUT2D eigenvalue weighted by Gasteiger charge is -2.11. The standard InChI is InChI=1S/C6H9ClN2O2/c7-4-1-2-9(6(4)11)3-5(8)10/h4H,1-3H2,(H2,8,10). The molecule has 1 fully saturated rings. The van der Waals surface area contributed by atoms with Gasteiger partial charge >= 0.3 is 0 Å². The molecule has 0 aromatic rings. The molecule has 0 bridgehead atoms. The summed E-state index contributed by atoms with van der Waals surface area (Å²) in [5.74, 6) is -0.686. The number of primary amides is 1. The zero-order valence-electron chi connectivity index (χ0n) is 5.92. The summed E-state index contributed by atoms with van der Waals surface area (Å²) in [7, 11) is 0. The van der Waals surface area contributed by atoms with E-state index >= 15 is 0 Å². The van der Waals surface area contributed by atoms with Crippen LogP contribution in [0.2, 0.25) is 0 Å². The normalized spacial score (nSPS) is 24.3. The Morgan fingerprint density at radius 2 is 2.45 bits per heavy atom. The molecule has 0 aliphatic carbocycles. The van der Waals surface area contributed by atoms with E-state index in [0.717, 1.165) is 0 Å². The van der Waals surface area contributed by atoms with Crippen LogP contribution in [0.1, 0.15) is 6.42 Å². The fourth-order valence-electron chi connectivity index (χ4n) is 1.05. The van der Waals surface area contributed by atoms with Gasteiger partial charge in [0.15, 0.2) is 0 Å². The molecular weight excluding hydrogens is 168 g/mol. The number of nitrogens with two attached hydrogens (primary N) is 1. The third-order valence-electron chi connectivity index (χ3n) is 1.58. The van der Waals surface area contributed by atoms with Gasteiger partial charge < -0.3 is 10.6 Å². The van der Waals surface area contributed by atoms with Crippen molar-refractivity contribution in [3.63, 3.8) is 0 Å². The number of nitrogens with zero attached hydrogens (tertiary/aromatic N) is 1. The first-order valence-electron chi connectivity index (χ1n) is 3.32. The van der Waals surface area contributed by atoms with Gasteiger partial charge in [-0.3, -0.25) is 9.59 Å². The zero-order valence-corrected chi connectivity index (χ0v) is 6.67. The Morgan fingerprint density at radius 1 is 1.82 bits per heavy atom. The molecule has 1 aliphatic rings. The van der Waals surface area contributed by atoms with Crippen LogP contribution >= 0.6 is 11.6 Å². The van der Waals surface area contributed by atoms with E-state index < -0.39 is 11.3 Å². The lowest BCUT2D eigenvalue weighted by atomic mass is 10.4. The van der Waals surface area contributed by atoms with E-state index in [1.54, 1.807) is 0 Å². The van der Waals surface area contributed by atoms with Crippen molar-refractivity contribution in [3.05, 3.63) is 0 Å². The summed E-state index contributed by atoms with van der Waals surface area (Å²) in [4.78, 5) is 22.8. The summed E-state index contributed by atoms with van der Waals surface area (Å²) in [5, 5.41) is -0.464. The Kier molecular flexibility index (Phi) is 2.34. The van der Waals surface area contributed by atoms with Crippen LogP contribution in [0.4, 0.5) is 0 Å². The van der Waals surface area contributed by atoms with E-state index in [9.17, 15) is 9.59 Å². The third-order valence-corrected chi connectivity index (χ3v) is 1.98. The second kappa shape index (κ2) is 3.09. The highest BCUT2D eigenvalue weighted by Gasteiger charge is 2.30. The van der Waals surface area contributed by atoms with E-state index in [-0.39, 0.29) is 12.5 Å². The van der Waals surface area contributed by atoms with Crippen LogP contribution in [0.3, 0.4) is 0 Å². The van der Waals surface area contributed by atoms with Crippen molar-refractivity contribution in [2.45, 2.75) is 11.8 Å². The van der Waals surface area contributed by atoms with Crippen molar-refractivity contribution < 1.29 is 9.59 Å². The molecule has 4 nitrogen and oxygen atoms in total. The number of hydrogen-bond acceptors (Lipinski definition) is 2. The quantitative estimate of drug-likeness (QED) is 0.567. The van der Waals surface area contributed by atoms with Crippen molar-refractivity contribution >= 4 is 23.4 Å². The lowest BCUT2D eigenvalue weighted by molar-refractivity contribution is -0.131. The van der Waals surface area contributed by atoms with Crippen LogP contribution in [0.15, 0.2) is 0 Å². The largest absolute Gasteiger partial charge is 0.368 e. The molecule has 0 aromatic carbocycles. The fraction of sp³-hybridized carbons (Fsp3) is 0.667. The van der Waals surface area contributed by atoms with E-state index in [1.807, 2.05) is 0 Å². The number of hydrogen-bond donors (Lipinski definition) is 1. The van der Waals surface area contributed by atoms with Crippen molar-refractivity contribution in [1.29, 1.82) is 0 Å². The molecule has 0 aromatic heterocycles. The molecule has 11 heavy (non-hydrogen) atoms. The van der Waals surface area contributed by atoms with Gasteiger partial charge in [0.25, 0.3) is 0 Å². The molecule has 62 valence electrons. The number of carbonyl (C=O) groups is 2. The lowest BCUT2D eigenvalue weighted by Crippen LogP contribution is -2.35. The smallest absolute Gasteiger partial charge is 0.241 e. The molecule has 1 saturated heterocycles. The zero-order chi connectivity index (χ0) is 8.43. The van der Waals surface area contributed by atoms with Crippen LogP contribution in [0.5, 0.6) is 0 Å². The predicted octanol–water partition coefficient (Wildman–Crippen LogP) is -0.689. The number of amides is 2. The molecule has 2 N–H and O–H groups in total. The second-order valence-corrected chi connectivity index (χ2v) is 3.01. The van der Waals surface area contributed by atoms with Crippen LogP contribution in [-0.4, -0.2) is 35.2 Å². The van der Waals surface area contributed by atoms with Gasteiger partial charge in [0.05, 0.1) is 6.54 Å². The average molecular weight is 177 g/mol. The second-order valence-electron chi connectivity index (χ2n) is 2.48. The summed E-state index contributed by atoms with van der Waals surface area (Å²) in [6, 6.07) is 0. The van der Waals surface area contributed by atoms with Gasteiger partial charge in [-0.15, -0.1) is 11.6 Å². The number of alkyl halides is 1. The van der Waals surface area contributed by atoms with Gasteiger partial charge in [0, 0.05) is 6.54 Å². The maximum Gasteiger partial charge on any atom is 0.241 e. The summed E-state index contributed by atoms with van der Waals surface area (Å²) in [6.45, 7) is 0.526. The molecule has 5 heteroatoms. The first-order valence-corrected chi connectivity index (χ1v) is 3.76. The highest BCUT2D eigenvalue weighted by atomic mass is 35.5. The minimum absolute atomic E-state index is 0.0119. The first kappa shape index (κ1) is 8.33. The average Bonchev–Trinajstić information content (AvgIpc) is 2.18. The Balaban J connectivity index is 2.49. The number of likely N-dealkylation sites (tertiary alicyclic amines) is 1. The number of rotatable bonds is 2. The Bertz CT molecular complexity index is 195. The molecule has 1 unspecified atom stereocenters. The van der Waals surface area contributed by atoms with Crippen LogP contribution in [0.25, 0.3) is 0 Å². The number of carbonyl (C=O) groups excluding carboxylic acids is 2. The van der Waals surface area contributed by atoms with Crippen molar-refractivity contribution in [1.82, 2.24) is 4.90 Å². The number of halogens is 1. The van der Waals surface area contributed by atoms with Crippen LogP contribution < -0.4 is 5.73 Å². The van der Waals surface area contributed by atoms with Crippen molar-refractivity contribution in [3.8, 4) is 0 Å². The van der Waals surface area contributed by atoms with Crippen molar-refractivity contribution in [2.75, 3.05) is 13.1 Å². The van der Waals surface area contributed by atoms with Crippen molar-refractivity contribution in [2.24, 2.45) is 5.73 Å². The van der Waals surface area contributed by atoms with Gasteiger partial charge in [-0.1, -0.05) is 0 Å². The monoisotopic (exact) mass is 176 g/mol. The Morgan fingerprint density at radius 3 is 2.82 bits per heavy atom. The molecule has 0 radical (unpaired) electrons. The van der Waals surface area contributed by atoms with Crippen LogP contribution in [0, 0.1) is 0 Å². The highest BCUT2D eigenvalue weighted by molar-refractivity contribution is 6.31. The maximum atomic E-state index is 11.0. The topological polar surface area (TPSA) is 63.4 Å². The summed E-state index contributed by atoms with van der Waals surface area (Å²) >= 11 is 5.60. The van der Waals surface area contributed by atoms with Gasteiger partial charge in [-0.25, -0.2) is 0 Å². The fourth-order valence-corrected chi connectivity index (χ4v) is 1.28. The predicted molar refractivity (Wildman–Crippen MR) is 40.0 cm³/mol. The van der Waals surface area contributed by atoms with E-state index in [2.05, 4.69) is 0 Å². The summed E-state index contributed by atoms with van der Waals surface area (Å²) in [5.41, 5.74) is 4.90. The SMILES string of the molecule is NC(=O)CN1CCC(Cl)C1=O. The molecule has 0 spiro atoms. The molecule has 2 amide bonds. The molecule has 1 heterocycles. The molecule has 1 rings (SSSR count). The van der Waals surface area contributed by atoms with Gasteiger partial charge in [0.1, 0.15) is 5.38 Å². The van der Waals surface area contributed by atoms with Gasteiger partial charge in [0.2, 0.25) is 11.8 Å². The van der Waals surface area contributed by atoms with Crippen LogP contribution in [-0.2, 0) is 9.59 Å². The molecule has 0 saturated carbocycles. The maximum absolute atomic E-state index is 11.0. The Labute approximate surface area is 69.3 Å². The summed E-state index contributed by atoms with van der Waals surface area (Å²) < 4.78 is 0. The van der Waals surface area contributed by atoms with Gasteiger partial charge in [-0.2, -0.15) is 0 Å². The minimum atomic E-state index is -0.496. The first-order chi connectivity index (χ1) is 5.11. The van der Waals surface area contributed by atoms with E-state index in [1.165, 1.54) is 4.90 Å². The molecule has 1 aliphatic heterocycles. The van der Waals surface area contributed by atoms with E-state index in [0.29, 0.717) is 13.0 Å².